The molecule has 1 amide bonds. The van der Waals surface area contributed by atoms with E-state index in [1.165, 1.54) is 12.8 Å². The Morgan fingerprint density at radius 1 is 0.850 bits per heavy atom. The lowest BCUT2D eigenvalue weighted by molar-refractivity contribution is -0.115. The number of carbonyl (C=O) groups is 1. The number of nitrogens with zero attached hydrogens (tertiary/aromatic N) is 3. The van der Waals surface area contributed by atoms with Gasteiger partial charge in [0.25, 0.3) is 0 Å². The van der Waals surface area contributed by atoms with E-state index in [1.54, 1.807) is 36.5 Å². The molecule has 1 aliphatic rings. The van der Waals surface area contributed by atoms with Crippen LogP contribution >= 0.6 is 0 Å². The van der Waals surface area contributed by atoms with Gasteiger partial charge in [0.2, 0.25) is 21.9 Å². The number of aromatic nitrogens is 2. The third-order valence-electron chi connectivity index (χ3n) is 6.67. The fourth-order valence-electron chi connectivity index (χ4n) is 4.56. The highest BCUT2D eigenvalue weighted by atomic mass is 32.2. The number of sulfonamides is 1. The molecule has 0 unspecified atom stereocenters. The molecular weight excluding hydrogens is 524 g/mol. The van der Waals surface area contributed by atoms with Crippen LogP contribution in [-0.4, -0.2) is 55.4 Å². The molecule has 1 saturated heterocycles. The van der Waals surface area contributed by atoms with Crippen molar-refractivity contribution in [1.29, 1.82) is 0 Å². The summed E-state index contributed by atoms with van der Waals surface area (Å²) in [5.74, 6) is 0.307. The van der Waals surface area contributed by atoms with Crippen LogP contribution in [0.5, 0.6) is 0 Å². The van der Waals surface area contributed by atoms with Crippen molar-refractivity contribution in [1.82, 2.24) is 19.6 Å². The van der Waals surface area contributed by atoms with Crippen LogP contribution in [-0.2, 0) is 21.2 Å². The SMILES string of the molecule is O=C(Cc1ccccc1)Nc1ccc(-c2ccnc(Nc3ccc(S(=O)(=O)NCCN4CCCC4)cc3)n2)cc1. The molecule has 0 bridgehead atoms. The molecule has 0 aliphatic carbocycles. The molecule has 3 aromatic carbocycles. The highest BCUT2D eigenvalue weighted by Gasteiger charge is 2.16. The molecule has 9 nitrogen and oxygen atoms in total. The van der Waals surface area contributed by atoms with Gasteiger partial charge in [-0.1, -0.05) is 42.5 Å². The van der Waals surface area contributed by atoms with Gasteiger partial charge in [0.15, 0.2) is 0 Å². The Labute approximate surface area is 234 Å². The number of benzene rings is 3. The Balaban J connectivity index is 1.17. The van der Waals surface area contributed by atoms with E-state index >= 15 is 0 Å². The largest absolute Gasteiger partial charge is 0.326 e. The molecule has 10 heteroatoms. The van der Waals surface area contributed by atoms with Crippen molar-refractivity contribution in [2.75, 3.05) is 36.8 Å². The Morgan fingerprint density at radius 2 is 1.55 bits per heavy atom. The number of rotatable bonds is 11. The van der Waals surface area contributed by atoms with Crippen LogP contribution in [0.2, 0.25) is 0 Å². The van der Waals surface area contributed by atoms with Crippen molar-refractivity contribution < 1.29 is 13.2 Å². The summed E-state index contributed by atoms with van der Waals surface area (Å²) in [7, 11) is -3.57. The minimum atomic E-state index is -3.57. The molecule has 0 radical (unpaired) electrons. The van der Waals surface area contributed by atoms with Crippen molar-refractivity contribution in [3.05, 3.63) is 96.7 Å². The summed E-state index contributed by atoms with van der Waals surface area (Å²) in [5, 5.41) is 6.05. The van der Waals surface area contributed by atoms with Crippen molar-refractivity contribution in [2.45, 2.75) is 24.2 Å². The topological polar surface area (TPSA) is 116 Å². The van der Waals surface area contributed by atoms with E-state index < -0.39 is 10.0 Å². The lowest BCUT2D eigenvalue weighted by Crippen LogP contribution is -2.33. The molecule has 1 aromatic heterocycles. The van der Waals surface area contributed by atoms with Gasteiger partial charge in [0.1, 0.15) is 0 Å². The van der Waals surface area contributed by atoms with Crippen molar-refractivity contribution in [2.24, 2.45) is 0 Å². The summed E-state index contributed by atoms with van der Waals surface area (Å²) in [6.45, 7) is 3.18. The Bertz CT molecular complexity index is 1520. The van der Waals surface area contributed by atoms with Crippen molar-refractivity contribution >= 4 is 33.3 Å². The number of anilines is 3. The molecule has 1 aliphatic heterocycles. The molecule has 0 atom stereocenters. The zero-order valence-electron chi connectivity index (χ0n) is 22.1. The van der Waals surface area contributed by atoms with Crippen LogP contribution in [0.3, 0.4) is 0 Å². The molecule has 3 N–H and O–H groups in total. The van der Waals surface area contributed by atoms with Gasteiger partial charge >= 0.3 is 0 Å². The molecule has 0 spiro atoms. The maximum absolute atomic E-state index is 12.6. The van der Waals surface area contributed by atoms with Gasteiger partial charge in [0.05, 0.1) is 17.0 Å². The summed E-state index contributed by atoms with van der Waals surface area (Å²) >= 11 is 0. The summed E-state index contributed by atoms with van der Waals surface area (Å²) in [4.78, 5) is 23.7. The number of likely N-dealkylation sites (tertiary alicyclic amines) is 1. The fourth-order valence-corrected chi connectivity index (χ4v) is 5.59. The van der Waals surface area contributed by atoms with E-state index in [9.17, 15) is 13.2 Å². The third-order valence-corrected chi connectivity index (χ3v) is 8.14. The van der Waals surface area contributed by atoms with Gasteiger partial charge in [-0.3, -0.25) is 4.79 Å². The van der Waals surface area contributed by atoms with Crippen molar-refractivity contribution in [3.63, 3.8) is 0 Å². The van der Waals surface area contributed by atoms with E-state index in [2.05, 4.69) is 30.2 Å². The second-order valence-electron chi connectivity index (χ2n) is 9.65. The minimum absolute atomic E-state index is 0.0795. The van der Waals surface area contributed by atoms with Gasteiger partial charge in [-0.2, -0.15) is 0 Å². The van der Waals surface area contributed by atoms with Crippen LogP contribution in [0.1, 0.15) is 18.4 Å². The summed E-state index contributed by atoms with van der Waals surface area (Å²) < 4.78 is 28.0. The number of hydrogen-bond acceptors (Lipinski definition) is 7. The summed E-state index contributed by atoms with van der Waals surface area (Å²) in [6.07, 6.45) is 4.32. The van der Waals surface area contributed by atoms with Gasteiger partial charge in [-0.25, -0.2) is 23.1 Å². The first-order chi connectivity index (χ1) is 19.4. The fraction of sp³-hybridized carbons (Fsp3) is 0.233. The lowest BCUT2D eigenvalue weighted by atomic mass is 10.1. The van der Waals surface area contributed by atoms with E-state index in [-0.39, 0.29) is 10.8 Å². The van der Waals surface area contributed by atoms with E-state index in [0.717, 1.165) is 30.8 Å². The predicted molar refractivity (Wildman–Crippen MR) is 157 cm³/mol. The quantitative estimate of drug-likeness (QED) is 0.250. The molecule has 4 aromatic rings. The van der Waals surface area contributed by atoms with E-state index in [1.807, 2.05) is 54.6 Å². The maximum Gasteiger partial charge on any atom is 0.240 e. The maximum atomic E-state index is 12.6. The Morgan fingerprint density at radius 3 is 2.27 bits per heavy atom. The number of carbonyl (C=O) groups excluding carboxylic acids is 1. The number of hydrogen-bond donors (Lipinski definition) is 3. The van der Waals surface area contributed by atoms with Gasteiger partial charge in [-0.05, 0) is 74.0 Å². The van der Waals surface area contributed by atoms with Crippen LogP contribution in [0.4, 0.5) is 17.3 Å². The average Bonchev–Trinajstić information content (AvgIpc) is 3.48. The first-order valence-electron chi connectivity index (χ1n) is 13.3. The Hall–Kier alpha value is -4.12. The highest BCUT2D eigenvalue weighted by Crippen LogP contribution is 2.22. The molecule has 2 heterocycles. The normalized spacial score (nSPS) is 13.7. The van der Waals surface area contributed by atoms with Gasteiger partial charge < -0.3 is 15.5 Å². The zero-order chi connectivity index (χ0) is 27.8. The van der Waals surface area contributed by atoms with Crippen molar-refractivity contribution in [3.8, 4) is 11.3 Å². The van der Waals surface area contributed by atoms with Crippen LogP contribution < -0.4 is 15.4 Å². The molecular formula is C30H32N6O3S. The lowest BCUT2D eigenvalue weighted by Gasteiger charge is -2.15. The predicted octanol–water partition coefficient (Wildman–Crippen LogP) is 4.44. The average molecular weight is 557 g/mol. The highest BCUT2D eigenvalue weighted by molar-refractivity contribution is 7.89. The molecule has 0 saturated carbocycles. The second kappa shape index (κ2) is 12.8. The van der Waals surface area contributed by atoms with Crippen LogP contribution in [0, 0.1) is 0 Å². The second-order valence-corrected chi connectivity index (χ2v) is 11.4. The molecule has 40 heavy (non-hydrogen) atoms. The zero-order valence-corrected chi connectivity index (χ0v) is 22.9. The standard InChI is InChI=1S/C30H32N6O3S/c37-29(22-23-6-2-1-3-7-23)33-25-10-8-24(9-11-25)28-16-17-31-30(35-28)34-26-12-14-27(15-13-26)40(38,39)32-18-21-36-19-4-5-20-36/h1-3,6-17,32H,4-5,18-22H2,(H,33,37)(H,31,34,35). The molecule has 206 valence electrons. The molecule has 1 fully saturated rings. The summed E-state index contributed by atoms with van der Waals surface area (Å²) in [5.41, 5.74) is 3.91. The Kier molecular flexibility index (Phi) is 8.80. The van der Waals surface area contributed by atoms with Gasteiger partial charge in [-0.15, -0.1) is 0 Å². The minimum Gasteiger partial charge on any atom is -0.326 e. The van der Waals surface area contributed by atoms with Gasteiger partial charge in [0, 0.05) is 36.2 Å². The monoisotopic (exact) mass is 556 g/mol. The number of amides is 1. The van der Waals surface area contributed by atoms with Crippen LogP contribution in [0.25, 0.3) is 11.3 Å². The summed E-state index contributed by atoms with van der Waals surface area (Å²) in [6, 6.07) is 25.4. The van der Waals surface area contributed by atoms with E-state index in [4.69, 9.17) is 0 Å². The molecule has 5 rings (SSSR count). The number of nitrogens with one attached hydrogen (secondary N) is 3. The van der Waals surface area contributed by atoms with Crippen LogP contribution in [0.15, 0.2) is 96.0 Å². The first kappa shape index (κ1) is 27.4. The third kappa shape index (κ3) is 7.50. The first-order valence-corrected chi connectivity index (χ1v) is 14.8. The van der Waals surface area contributed by atoms with E-state index in [0.29, 0.717) is 36.0 Å². The smallest absolute Gasteiger partial charge is 0.240 e.